The van der Waals surface area contributed by atoms with E-state index >= 15 is 0 Å². The number of carboxylic acid groups (broad SMARTS) is 1. The molecular formula is C13H10BrNO4. The molecule has 2 rings (SSSR count). The van der Waals surface area contributed by atoms with Crippen LogP contribution in [0.15, 0.2) is 45.7 Å². The first-order valence-electron chi connectivity index (χ1n) is 5.37. The van der Waals surface area contributed by atoms with Crippen molar-refractivity contribution in [1.29, 1.82) is 0 Å². The highest BCUT2D eigenvalue weighted by Crippen LogP contribution is 2.30. The fraction of sp³-hybridized carbons (Fsp3) is 0.0769. The van der Waals surface area contributed by atoms with E-state index in [2.05, 4.69) is 21.1 Å². The number of para-hydroxylation sites is 1. The Hall–Kier alpha value is -2.08. The number of carboxylic acids is 1. The number of benzene rings is 1. The van der Waals surface area contributed by atoms with Gasteiger partial charge in [0.15, 0.2) is 0 Å². The fourth-order valence-electron chi connectivity index (χ4n) is 1.42. The van der Waals surface area contributed by atoms with E-state index in [1.54, 1.807) is 18.3 Å². The average molecular weight is 324 g/mol. The number of aliphatic carboxylic acids is 1. The molecule has 0 radical (unpaired) electrons. The lowest BCUT2D eigenvalue weighted by Gasteiger charge is -2.10. The van der Waals surface area contributed by atoms with Crippen LogP contribution in [0.2, 0.25) is 0 Å². The molecule has 5 nitrogen and oxygen atoms in total. The van der Waals surface area contributed by atoms with Crippen LogP contribution in [-0.2, 0) is 11.4 Å². The lowest BCUT2D eigenvalue weighted by atomic mass is 10.2. The first kappa shape index (κ1) is 13.4. The van der Waals surface area contributed by atoms with Gasteiger partial charge >= 0.3 is 5.97 Å². The number of rotatable bonds is 5. The van der Waals surface area contributed by atoms with Crippen LogP contribution in [0.1, 0.15) is 11.1 Å². The highest BCUT2D eigenvalue weighted by Gasteiger charge is 2.07. The minimum Gasteiger partial charge on any atom is -0.487 e. The molecule has 0 atom stereocenters. The van der Waals surface area contributed by atoms with Crippen LogP contribution in [0.4, 0.5) is 0 Å². The Labute approximate surface area is 117 Å². The first-order valence-corrected chi connectivity index (χ1v) is 6.16. The predicted octanol–water partition coefficient (Wildman–Crippen LogP) is 3.11. The van der Waals surface area contributed by atoms with Crippen LogP contribution < -0.4 is 4.74 Å². The zero-order chi connectivity index (χ0) is 13.7. The van der Waals surface area contributed by atoms with Gasteiger partial charge in [-0.1, -0.05) is 17.3 Å². The van der Waals surface area contributed by atoms with Gasteiger partial charge in [0.2, 0.25) is 0 Å². The van der Waals surface area contributed by atoms with Crippen molar-refractivity contribution < 1.29 is 19.2 Å². The molecule has 0 spiro atoms. The second-order valence-corrected chi connectivity index (χ2v) is 4.51. The molecular weight excluding hydrogens is 314 g/mol. The largest absolute Gasteiger partial charge is 0.487 e. The summed E-state index contributed by atoms with van der Waals surface area (Å²) in [6.45, 7) is 0.292. The van der Waals surface area contributed by atoms with Gasteiger partial charge in [-0.05, 0) is 28.1 Å². The molecule has 1 aromatic carbocycles. The van der Waals surface area contributed by atoms with Crippen molar-refractivity contribution >= 4 is 28.0 Å². The van der Waals surface area contributed by atoms with Crippen LogP contribution in [0.5, 0.6) is 5.75 Å². The van der Waals surface area contributed by atoms with Gasteiger partial charge in [-0.3, -0.25) is 0 Å². The van der Waals surface area contributed by atoms with Crippen LogP contribution in [0.25, 0.3) is 6.08 Å². The predicted molar refractivity (Wildman–Crippen MR) is 71.6 cm³/mol. The molecule has 1 N–H and O–H groups in total. The van der Waals surface area contributed by atoms with Crippen LogP contribution in [0, 0.1) is 0 Å². The van der Waals surface area contributed by atoms with Gasteiger partial charge in [0.25, 0.3) is 0 Å². The summed E-state index contributed by atoms with van der Waals surface area (Å²) in [5.41, 5.74) is 1.47. The number of hydrogen-bond donors (Lipinski definition) is 1. The lowest BCUT2D eigenvalue weighted by Crippen LogP contribution is -1.97. The van der Waals surface area contributed by atoms with Crippen LogP contribution >= 0.6 is 15.9 Å². The monoisotopic (exact) mass is 323 g/mol. The SMILES string of the molecule is O=C(O)/C=C/c1cccc(Br)c1OCc1cnoc1. The first-order chi connectivity index (χ1) is 9.16. The summed E-state index contributed by atoms with van der Waals surface area (Å²) in [7, 11) is 0. The second-order valence-electron chi connectivity index (χ2n) is 3.65. The summed E-state index contributed by atoms with van der Waals surface area (Å²) in [6.07, 6.45) is 5.59. The lowest BCUT2D eigenvalue weighted by molar-refractivity contribution is -0.131. The van der Waals surface area contributed by atoms with Gasteiger partial charge in [0.1, 0.15) is 18.6 Å². The van der Waals surface area contributed by atoms with Crippen LogP contribution in [0.3, 0.4) is 0 Å². The summed E-state index contributed by atoms with van der Waals surface area (Å²) >= 11 is 3.37. The van der Waals surface area contributed by atoms with Gasteiger partial charge in [-0.25, -0.2) is 4.79 Å². The number of halogens is 1. The molecule has 0 aliphatic carbocycles. The van der Waals surface area contributed by atoms with E-state index in [4.69, 9.17) is 14.4 Å². The molecule has 98 valence electrons. The highest BCUT2D eigenvalue weighted by molar-refractivity contribution is 9.10. The average Bonchev–Trinajstić information content (AvgIpc) is 2.88. The topological polar surface area (TPSA) is 72.6 Å². The molecule has 1 heterocycles. The fourth-order valence-corrected chi connectivity index (χ4v) is 1.92. The van der Waals surface area contributed by atoms with E-state index in [0.717, 1.165) is 16.1 Å². The Morgan fingerprint density at radius 3 is 3.05 bits per heavy atom. The van der Waals surface area contributed by atoms with E-state index in [1.807, 2.05) is 6.07 Å². The molecule has 0 saturated heterocycles. The van der Waals surface area contributed by atoms with Crippen molar-refractivity contribution in [3.05, 3.63) is 52.3 Å². The van der Waals surface area contributed by atoms with Gasteiger partial charge < -0.3 is 14.4 Å². The molecule has 0 saturated carbocycles. The molecule has 6 heteroatoms. The van der Waals surface area contributed by atoms with Crippen molar-refractivity contribution in [2.75, 3.05) is 0 Å². The van der Waals surface area contributed by atoms with Crippen molar-refractivity contribution in [2.45, 2.75) is 6.61 Å². The minimum absolute atomic E-state index is 0.292. The van der Waals surface area contributed by atoms with E-state index in [1.165, 1.54) is 12.3 Å². The Morgan fingerprint density at radius 2 is 2.37 bits per heavy atom. The van der Waals surface area contributed by atoms with Gasteiger partial charge in [0, 0.05) is 17.2 Å². The number of aromatic nitrogens is 1. The van der Waals surface area contributed by atoms with E-state index < -0.39 is 5.97 Å². The Balaban J connectivity index is 2.20. The number of nitrogens with zero attached hydrogens (tertiary/aromatic N) is 1. The quantitative estimate of drug-likeness (QED) is 0.856. The molecule has 2 aromatic rings. The summed E-state index contributed by atoms with van der Waals surface area (Å²) in [5.74, 6) is -0.439. The van der Waals surface area contributed by atoms with Crippen molar-refractivity contribution in [2.24, 2.45) is 0 Å². The van der Waals surface area contributed by atoms with Crippen molar-refractivity contribution in [3.8, 4) is 5.75 Å². The van der Waals surface area contributed by atoms with E-state index in [9.17, 15) is 4.79 Å². The van der Waals surface area contributed by atoms with Crippen molar-refractivity contribution in [1.82, 2.24) is 5.16 Å². The molecule has 1 aromatic heterocycles. The van der Waals surface area contributed by atoms with Crippen molar-refractivity contribution in [3.63, 3.8) is 0 Å². The van der Waals surface area contributed by atoms with E-state index in [-0.39, 0.29) is 0 Å². The third kappa shape index (κ3) is 3.69. The zero-order valence-electron chi connectivity index (χ0n) is 9.75. The smallest absolute Gasteiger partial charge is 0.328 e. The number of hydrogen-bond acceptors (Lipinski definition) is 4. The third-order valence-corrected chi connectivity index (χ3v) is 2.89. The molecule has 0 unspecified atom stereocenters. The molecule has 0 bridgehead atoms. The maximum absolute atomic E-state index is 10.6. The standard InChI is InChI=1S/C13H10BrNO4/c14-11-3-1-2-10(4-5-12(16)17)13(11)18-7-9-6-15-19-8-9/h1-6,8H,7H2,(H,16,17)/b5-4+. The molecule has 0 aliphatic rings. The molecule has 0 aliphatic heterocycles. The summed E-state index contributed by atoms with van der Waals surface area (Å²) in [4.78, 5) is 10.6. The maximum Gasteiger partial charge on any atom is 0.328 e. The van der Waals surface area contributed by atoms with Gasteiger partial charge in [0.05, 0.1) is 10.7 Å². The Kier molecular flexibility index (Phi) is 4.35. The molecule has 0 fully saturated rings. The summed E-state index contributed by atoms with van der Waals surface area (Å²) < 4.78 is 11.1. The Morgan fingerprint density at radius 1 is 1.53 bits per heavy atom. The van der Waals surface area contributed by atoms with Crippen LogP contribution in [-0.4, -0.2) is 16.2 Å². The number of carbonyl (C=O) groups is 1. The summed E-state index contributed by atoms with van der Waals surface area (Å²) in [6, 6.07) is 5.39. The highest BCUT2D eigenvalue weighted by atomic mass is 79.9. The Bertz CT molecular complexity index is 593. The maximum atomic E-state index is 10.6. The van der Waals surface area contributed by atoms with Gasteiger partial charge in [-0.15, -0.1) is 0 Å². The van der Waals surface area contributed by atoms with Gasteiger partial charge in [-0.2, -0.15) is 0 Å². The number of ether oxygens (including phenoxy) is 1. The third-order valence-electron chi connectivity index (χ3n) is 2.27. The molecule has 19 heavy (non-hydrogen) atoms. The normalized spacial score (nSPS) is 10.8. The second kappa shape index (κ2) is 6.19. The summed E-state index contributed by atoms with van der Waals surface area (Å²) in [5, 5.41) is 12.2. The molecule has 0 amide bonds. The minimum atomic E-state index is -1.01. The zero-order valence-corrected chi connectivity index (χ0v) is 11.3. The van der Waals surface area contributed by atoms with E-state index in [0.29, 0.717) is 17.9 Å².